The lowest BCUT2D eigenvalue weighted by Crippen LogP contribution is -1.99. The van der Waals surface area contributed by atoms with Crippen LogP contribution in [0, 0.1) is 0 Å². The summed E-state index contributed by atoms with van der Waals surface area (Å²) in [5.74, 6) is 0.222. The number of aryl methyl sites for hydroxylation is 1. The number of hydrogen-bond donors (Lipinski definition) is 1. The largest absolute Gasteiger partial charge is 0.443 e. The molecule has 1 heterocycles. The zero-order chi connectivity index (χ0) is 9.97. The molecule has 14 heavy (non-hydrogen) atoms. The van der Waals surface area contributed by atoms with Crippen molar-refractivity contribution < 1.29 is 13.2 Å². The summed E-state index contributed by atoms with van der Waals surface area (Å²) in [7, 11) is 0. The molecule has 0 aliphatic carbocycles. The number of fused-ring (bicyclic) bond motifs is 1. The first-order valence-electron chi connectivity index (χ1n) is 4.16. The minimum absolute atomic E-state index is 0.222. The normalized spacial score (nSPS) is 13.2. The maximum absolute atomic E-state index is 10.5. The van der Waals surface area contributed by atoms with Crippen molar-refractivity contribution in [1.29, 1.82) is 0 Å². The molecule has 0 aliphatic rings. The summed E-state index contributed by atoms with van der Waals surface area (Å²) in [6.07, 6.45) is 1.90. The van der Waals surface area contributed by atoms with E-state index < -0.39 is 11.1 Å². The van der Waals surface area contributed by atoms with Gasteiger partial charge in [-0.1, -0.05) is 12.1 Å². The number of hydrogen-bond acceptors (Lipinski definition) is 3. The minimum atomic E-state index is -1.76. The lowest BCUT2D eigenvalue weighted by atomic mass is 10.1. The first-order chi connectivity index (χ1) is 6.77. The summed E-state index contributed by atoms with van der Waals surface area (Å²) in [5, 5.41) is 0. The van der Waals surface area contributed by atoms with E-state index in [9.17, 15) is 4.21 Å². The average Bonchev–Trinajstić information content (AvgIpc) is 2.62. The SMILES string of the molecule is O=S(O)CCc1cccc2ncoc12. The van der Waals surface area contributed by atoms with E-state index in [1.807, 2.05) is 18.2 Å². The van der Waals surface area contributed by atoms with Gasteiger partial charge in [0, 0.05) is 0 Å². The van der Waals surface area contributed by atoms with Gasteiger partial charge >= 0.3 is 0 Å². The topological polar surface area (TPSA) is 63.3 Å². The molecule has 0 amide bonds. The van der Waals surface area contributed by atoms with Gasteiger partial charge in [-0.2, -0.15) is 0 Å². The summed E-state index contributed by atoms with van der Waals surface area (Å²) in [6.45, 7) is 0. The fourth-order valence-electron chi connectivity index (χ4n) is 1.34. The summed E-state index contributed by atoms with van der Waals surface area (Å²) in [6, 6.07) is 5.58. The second-order valence-electron chi connectivity index (χ2n) is 2.89. The van der Waals surface area contributed by atoms with Crippen LogP contribution in [0.4, 0.5) is 0 Å². The van der Waals surface area contributed by atoms with Gasteiger partial charge in [-0.05, 0) is 18.1 Å². The van der Waals surface area contributed by atoms with Gasteiger partial charge < -0.3 is 8.97 Å². The molecule has 1 aromatic heterocycles. The molecule has 1 atom stereocenters. The molecule has 0 saturated carbocycles. The zero-order valence-corrected chi connectivity index (χ0v) is 8.16. The smallest absolute Gasteiger partial charge is 0.181 e. The molecule has 1 unspecified atom stereocenters. The molecule has 0 spiro atoms. The van der Waals surface area contributed by atoms with Crippen molar-refractivity contribution in [3.05, 3.63) is 30.2 Å². The number of oxazole rings is 1. The van der Waals surface area contributed by atoms with Gasteiger partial charge in [0.25, 0.3) is 0 Å². The van der Waals surface area contributed by atoms with E-state index in [1.165, 1.54) is 6.39 Å². The van der Waals surface area contributed by atoms with Gasteiger partial charge in [-0.15, -0.1) is 0 Å². The van der Waals surface area contributed by atoms with Gasteiger partial charge in [-0.3, -0.25) is 0 Å². The highest BCUT2D eigenvalue weighted by Crippen LogP contribution is 2.17. The molecule has 5 heteroatoms. The van der Waals surface area contributed by atoms with Crippen molar-refractivity contribution in [2.45, 2.75) is 6.42 Å². The Bertz CT molecular complexity index is 466. The molecule has 2 rings (SSSR count). The zero-order valence-electron chi connectivity index (χ0n) is 7.34. The Balaban J connectivity index is 2.32. The predicted octanol–water partition coefficient (Wildman–Crippen LogP) is 1.59. The molecule has 0 fully saturated rings. The van der Waals surface area contributed by atoms with Gasteiger partial charge in [0.05, 0.1) is 5.75 Å². The molecule has 1 N–H and O–H groups in total. The van der Waals surface area contributed by atoms with Gasteiger partial charge in [-0.25, -0.2) is 9.19 Å². The third-order valence-corrected chi connectivity index (χ3v) is 2.54. The van der Waals surface area contributed by atoms with Crippen LogP contribution in [0.15, 0.2) is 29.0 Å². The van der Waals surface area contributed by atoms with E-state index >= 15 is 0 Å². The van der Waals surface area contributed by atoms with E-state index in [2.05, 4.69) is 4.98 Å². The highest BCUT2D eigenvalue weighted by atomic mass is 32.2. The average molecular weight is 211 g/mol. The van der Waals surface area contributed by atoms with Crippen molar-refractivity contribution in [3.8, 4) is 0 Å². The Morgan fingerprint density at radius 3 is 3.14 bits per heavy atom. The fraction of sp³-hybridized carbons (Fsp3) is 0.222. The van der Waals surface area contributed by atoms with Crippen LogP contribution in [0.5, 0.6) is 0 Å². The minimum Gasteiger partial charge on any atom is -0.443 e. The Morgan fingerprint density at radius 1 is 1.50 bits per heavy atom. The standard InChI is InChI=1S/C9H9NO3S/c11-14(12)5-4-7-2-1-3-8-9(7)13-6-10-8/h1-3,6H,4-5H2,(H,11,12). The Morgan fingerprint density at radius 2 is 2.36 bits per heavy atom. The number of aromatic nitrogens is 1. The van der Waals surface area contributed by atoms with Gasteiger partial charge in [0.15, 0.2) is 23.1 Å². The van der Waals surface area contributed by atoms with E-state index in [0.29, 0.717) is 12.0 Å². The fourth-order valence-corrected chi connectivity index (χ4v) is 1.73. The monoisotopic (exact) mass is 211 g/mol. The molecule has 0 saturated heterocycles. The lowest BCUT2D eigenvalue weighted by Gasteiger charge is -1.98. The van der Waals surface area contributed by atoms with Crippen molar-refractivity contribution in [2.75, 3.05) is 5.75 Å². The highest BCUT2D eigenvalue weighted by Gasteiger charge is 2.05. The number of para-hydroxylation sites is 1. The van der Waals surface area contributed by atoms with Crippen LogP contribution >= 0.6 is 0 Å². The molecule has 4 nitrogen and oxygen atoms in total. The van der Waals surface area contributed by atoms with Crippen LogP contribution in [-0.2, 0) is 17.5 Å². The van der Waals surface area contributed by atoms with Crippen LogP contribution in [0.1, 0.15) is 5.56 Å². The second-order valence-corrected chi connectivity index (χ2v) is 3.94. The van der Waals surface area contributed by atoms with E-state index in [4.69, 9.17) is 8.97 Å². The van der Waals surface area contributed by atoms with Crippen LogP contribution in [0.3, 0.4) is 0 Å². The first kappa shape index (κ1) is 9.36. The van der Waals surface area contributed by atoms with Crippen LogP contribution in [-0.4, -0.2) is 19.5 Å². The summed E-state index contributed by atoms with van der Waals surface area (Å²) >= 11 is -1.76. The quantitative estimate of drug-likeness (QED) is 0.783. The number of rotatable bonds is 3. The summed E-state index contributed by atoms with van der Waals surface area (Å²) in [4.78, 5) is 4.00. The first-order valence-corrected chi connectivity index (χ1v) is 5.43. The Kier molecular flexibility index (Phi) is 2.60. The second kappa shape index (κ2) is 3.89. The van der Waals surface area contributed by atoms with E-state index in [-0.39, 0.29) is 5.75 Å². The molecule has 0 radical (unpaired) electrons. The molecular weight excluding hydrogens is 202 g/mol. The summed E-state index contributed by atoms with van der Waals surface area (Å²) in [5.41, 5.74) is 2.41. The molecule has 74 valence electrons. The molecule has 0 aliphatic heterocycles. The lowest BCUT2D eigenvalue weighted by molar-refractivity contribution is 0.563. The summed E-state index contributed by atoms with van der Waals surface area (Å²) < 4.78 is 24.4. The van der Waals surface area contributed by atoms with Crippen molar-refractivity contribution in [2.24, 2.45) is 0 Å². The Labute approximate surface area is 83.2 Å². The van der Waals surface area contributed by atoms with Crippen molar-refractivity contribution in [1.82, 2.24) is 4.98 Å². The molecule has 2 aromatic rings. The van der Waals surface area contributed by atoms with Crippen LogP contribution in [0.2, 0.25) is 0 Å². The third kappa shape index (κ3) is 1.83. The maximum Gasteiger partial charge on any atom is 0.181 e. The van der Waals surface area contributed by atoms with Crippen LogP contribution < -0.4 is 0 Å². The van der Waals surface area contributed by atoms with Crippen molar-refractivity contribution in [3.63, 3.8) is 0 Å². The van der Waals surface area contributed by atoms with E-state index in [1.54, 1.807) is 0 Å². The molecular formula is C9H9NO3S. The molecule has 1 aromatic carbocycles. The van der Waals surface area contributed by atoms with Crippen LogP contribution in [0.25, 0.3) is 11.1 Å². The Hall–Kier alpha value is -1.20. The third-order valence-electron chi connectivity index (χ3n) is 1.98. The van der Waals surface area contributed by atoms with Crippen molar-refractivity contribution >= 4 is 22.2 Å². The number of nitrogens with zero attached hydrogens (tertiary/aromatic N) is 1. The maximum atomic E-state index is 10.5. The predicted molar refractivity (Wildman–Crippen MR) is 53.4 cm³/mol. The van der Waals surface area contributed by atoms with Gasteiger partial charge in [0.2, 0.25) is 0 Å². The highest BCUT2D eigenvalue weighted by molar-refractivity contribution is 7.79. The van der Waals surface area contributed by atoms with E-state index in [0.717, 1.165) is 11.1 Å². The number of benzene rings is 1. The van der Waals surface area contributed by atoms with Gasteiger partial charge in [0.1, 0.15) is 5.52 Å². The molecule has 0 bridgehead atoms.